The number of nitrogens with one attached hydrogen (secondary N) is 1. The van der Waals surface area contributed by atoms with Gasteiger partial charge in [-0.1, -0.05) is 13.8 Å². The van der Waals surface area contributed by atoms with E-state index >= 15 is 0 Å². The number of benzene rings is 1. The highest BCUT2D eigenvalue weighted by atomic mass is 19.1. The van der Waals surface area contributed by atoms with E-state index in [1.807, 2.05) is 32.6 Å². The van der Waals surface area contributed by atoms with Crippen LogP contribution < -0.4 is 5.32 Å². The molecule has 1 aromatic carbocycles. The van der Waals surface area contributed by atoms with E-state index in [1.165, 1.54) is 16.8 Å². The van der Waals surface area contributed by atoms with Crippen molar-refractivity contribution in [1.29, 1.82) is 0 Å². The van der Waals surface area contributed by atoms with Crippen molar-refractivity contribution in [3.8, 4) is 5.69 Å². The van der Waals surface area contributed by atoms with Crippen LogP contribution in [-0.4, -0.2) is 39.7 Å². The van der Waals surface area contributed by atoms with E-state index in [2.05, 4.69) is 10.4 Å². The van der Waals surface area contributed by atoms with Crippen molar-refractivity contribution in [2.75, 3.05) is 13.1 Å². The van der Waals surface area contributed by atoms with Gasteiger partial charge < -0.3 is 10.2 Å². The van der Waals surface area contributed by atoms with Crippen LogP contribution >= 0.6 is 0 Å². The first-order valence-corrected chi connectivity index (χ1v) is 9.80. The van der Waals surface area contributed by atoms with E-state index in [0.717, 1.165) is 48.9 Å². The molecule has 1 saturated heterocycles. The molecule has 1 fully saturated rings. The summed E-state index contributed by atoms with van der Waals surface area (Å²) in [5.74, 6) is -0.987. The van der Waals surface area contributed by atoms with Gasteiger partial charge in [0.05, 0.1) is 5.69 Å². The van der Waals surface area contributed by atoms with Crippen LogP contribution in [0, 0.1) is 31.4 Å². The lowest BCUT2D eigenvalue weighted by Crippen LogP contribution is -2.46. The zero-order valence-electron chi connectivity index (χ0n) is 16.9. The Balaban J connectivity index is 1.65. The Labute approximate surface area is 164 Å². The largest absolute Gasteiger partial charge is 0.342 e. The Hall–Kier alpha value is -2.28. The predicted octanol–water partition coefficient (Wildman–Crippen LogP) is 3.50. The summed E-state index contributed by atoms with van der Waals surface area (Å²) in [5, 5.41) is 8.00. The van der Waals surface area contributed by atoms with Crippen LogP contribution in [-0.2, 0) is 11.3 Å². The first-order chi connectivity index (χ1) is 13.3. The summed E-state index contributed by atoms with van der Waals surface area (Å²) in [6, 6.07) is 3.85. The van der Waals surface area contributed by atoms with E-state index in [0.29, 0.717) is 12.6 Å². The van der Waals surface area contributed by atoms with E-state index in [4.69, 9.17) is 0 Å². The number of aromatic nitrogens is 2. The fourth-order valence-corrected chi connectivity index (χ4v) is 3.73. The Morgan fingerprint density at radius 2 is 1.93 bits per heavy atom. The predicted molar refractivity (Wildman–Crippen MR) is 104 cm³/mol. The molecule has 1 aliphatic rings. The first kappa shape index (κ1) is 20.5. The van der Waals surface area contributed by atoms with E-state index in [9.17, 15) is 13.6 Å². The summed E-state index contributed by atoms with van der Waals surface area (Å²) in [6.45, 7) is 9.82. The monoisotopic (exact) mass is 390 g/mol. The van der Waals surface area contributed by atoms with Crippen molar-refractivity contribution in [3.05, 3.63) is 46.8 Å². The van der Waals surface area contributed by atoms with Crippen LogP contribution in [0.3, 0.4) is 0 Å². The Morgan fingerprint density at radius 1 is 1.25 bits per heavy atom. The van der Waals surface area contributed by atoms with Crippen molar-refractivity contribution in [2.24, 2.45) is 5.92 Å². The van der Waals surface area contributed by atoms with Crippen molar-refractivity contribution >= 4 is 5.91 Å². The van der Waals surface area contributed by atoms with Gasteiger partial charge in [-0.25, -0.2) is 13.5 Å². The number of halogens is 2. The third-order valence-corrected chi connectivity index (χ3v) is 5.45. The number of likely N-dealkylation sites (tertiary alicyclic amines) is 1. The third-order valence-electron chi connectivity index (χ3n) is 5.45. The van der Waals surface area contributed by atoms with Crippen LogP contribution in [0.1, 0.15) is 43.6 Å². The highest BCUT2D eigenvalue weighted by Gasteiger charge is 2.24. The zero-order chi connectivity index (χ0) is 20.4. The molecule has 0 aliphatic carbocycles. The number of nitrogens with zero attached hydrogens (tertiary/aromatic N) is 3. The number of hydrogen-bond acceptors (Lipinski definition) is 3. The lowest BCUT2D eigenvalue weighted by molar-refractivity contribution is -0.135. The molecule has 0 saturated carbocycles. The Bertz CT molecular complexity index is 854. The summed E-state index contributed by atoms with van der Waals surface area (Å²) in [5.41, 5.74) is 2.92. The SMILES string of the molecule is Cc1nn(-c2ccc(F)cc2F)c(C)c1CNC1CCN(C(=O)C(C)C)CC1. The van der Waals surface area contributed by atoms with E-state index < -0.39 is 11.6 Å². The van der Waals surface area contributed by atoms with Crippen molar-refractivity contribution in [3.63, 3.8) is 0 Å². The molecule has 7 heteroatoms. The molecule has 0 bridgehead atoms. The number of aryl methyl sites for hydroxylation is 1. The van der Waals surface area contributed by atoms with Gasteiger partial charge in [0, 0.05) is 48.9 Å². The fourth-order valence-electron chi connectivity index (χ4n) is 3.73. The number of piperidine rings is 1. The van der Waals surface area contributed by atoms with Gasteiger partial charge in [0.15, 0.2) is 5.82 Å². The Kier molecular flexibility index (Phi) is 6.13. The molecule has 0 spiro atoms. The summed E-state index contributed by atoms with van der Waals surface area (Å²) < 4.78 is 28.9. The average Bonchev–Trinajstić information content (AvgIpc) is 2.93. The maximum absolute atomic E-state index is 14.1. The number of amides is 1. The quantitative estimate of drug-likeness (QED) is 0.850. The molecule has 1 N–H and O–H groups in total. The van der Waals surface area contributed by atoms with Gasteiger partial charge in [-0.05, 0) is 38.8 Å². The minimum absolute atomic E-state index is 0.0347. The van der Waals surface area contributed by atoms with Crippen LogP contribution in [0.5, 0.6) is 0 Å². The number of hydrogen-bond donors (Lipinski definition) is 1. The summed E-state index contributed by atoms with van der Waals surface area (Å²) in [7, 11) is 0. The molecule has 5 nitrogen and oxygen atoms in total. The second-order valence-corrected chi connectivity index (χ2v) is 7.79. The normalized spacial score (nSPS) is 15.5. The first-order valence-electron chi connectivity index (χ1n) is 9.80. The fraction of sp³-hybridized carbons (Fsp3) is 0.524. The summed E-state index contributed by atoms with van der Waals surface area (Å²) in [6.07, 6.45) is 1.83. The van der Waals surface area contributed by atoms with Gasteiger partial charge in [-0.2, -0.15) is 5.10 Å². The molecule has 0 radical (unpaired) electrons. The minimum Gasteiger partial charge on any atom is -0.342 e. The zero-order valence-corrected chi connectivity index (χ0v) is 16.9. The van der Waals surface area contributed by atoms with Gasteiger partial charge in [-0.15, -0.1) is 0 Å². The van der Waals surface area contributed by atoms with E-state index in [-0.39, 0.29) is 17.5 Å². The molecule has 28 heavy (non-hydrogen) atoms. The summed E-state index contributed by atoms with van der Waals surface area (Å²) >= 11 is 0. The molecule has 1 aliphatic heterocycles. The molecule has 152 valence electrons. The molecular weight excluding hydrogens is 362 g/mol. The number of rotatable bonds is 5. The Morgan fingerprint density at radius 3 is 2.54 bits per heavy atom. The smallest absolute Gasteiger partial charge is 0.225 e. The van der Waals surface area contributed by atoms with Crippen molar-refractivity contribution < 1.29 is 13.6 Å². The second-order valence-electron chi connectivity index (χ2n) is 7.79. The molecule has 1 aromatic heterocycles. The molecular formula is C21H28F2N4O. The van der Waals surface area contributed by atoms with Crippen LogP contribution in [0.2, 0.25) is 0 Å². The number of carbonyl (C=O) groups is 1. The average molecular weight is 390 g/mol. The van der Waals surface area contributed by atoms with Crippen molar-refractivity contribution in [2.45, 2.75) is 53.1 Å². The summed E-state index contributed by atoms with van der Waals surface area (Å²) in [4.78, 5) is 14.0. The van der Waals surface area contributed by atoms with E-state index in [1.54, 1.807) is 0 Å². The second kappa shape index (κ2) is 8.39. The van der Waals surface area contributed by atoms with Gasteiger partial charge in [0.2, 0.25) is 5.91 Å². The maximum atomic E-state index is 14.1. The van der Waals surface area contributed by atoms with Crippen molar-refractivity contribution in [1.82, 2.24) is 20.0 Å². The lowest BCUT2D eigenvalue weighted by atomic mass is 10.0. The molecule has 0 unspecified atom stereocenters. The van der Waals surface area contributed by atoms with Crippen LogP contribution in [0.25, 0.3) is 5.69 Å². The van der Waals surface area contributed by atoms with Crippen LogP contribution in [0.15, 0.2) is 18.2 Å². The highest BCUT2D eigenvalue weighted by molar-refractivity contribution is 5.78. The van der Waals surface area contributed by atoms with Gasteiger partial charge in [0.1, 0.15) is 11.5 Å². The molecule has 1 amide bonds. The minimum atomic E-state index is -0.632. The highest BCUT2D eigenvalue weighted by Crippen LogP contribution is 2.21. The maximum Gasteiger partial charge on any atom is 0.225 e. The third kappa shape index (κ3) is 4.24. The van der Waals surface area contributed by atoms with Gasteiger partial charge in [0.25, 0.3) is 0 Å². The standard InChI is InChI=1S/C21H28F2N4O/c1-13(2)21(28)26-9-7-17(8-10-26)24-12-18-14(3)25-27(15(18)4)20-6-5-16(22)11-19(20)23/h5-6,11,13,17,24H,7-10,12H2,1-4H3. The molecule has 2 aromatic rings. The molecule has 0 atom stereocenters. The molecule has 3 rings (SSSR count). The van der Waals surface area contributed by atoms with Gasteiger partial charge >= 0.3 is 0 Å². The topological polar surface area (TPSA) is 50.2 Å². The lowest BCUT2D eigenvalue weighted by Gasteiger charge is -2.33. The van der Waals surface area contributed by atoms with Crippen LogP contribution in [0.4, 0.5) is 8.78 Å². The number of carbonyl (C=O) groups excluding carboxylic acids is 1. The molecule has 2 heterocycles. The van der Waals surface area contributed by atoms with Gasteiger partial charge in [-0.3, -0.25) is 4.79 Å².